The van der Waals surface area contributed by atoms with Crippen LogP contribution in [0, 0.1) is 23.0 Å². The fourth-order valence-electron chi connectivity index (χ4n) is 2.75. The molecule has 1 aromatic carbocycles. The summed E-state index contributed by atoms with van der Waals surface area (Å²) in [5.41, 5.74) is 2.16. The predicted molar refractivity (Wildman–Crippen MR) is 74.5 cm³/mol. The Hall–Kier alpha value is -1.62. The van der Waals surface area contributed by atoms with Gasteiger partial charge in [-0.3, -0.25) is 10.1 Å². The van der Waals surface area contributed by atoms with Gasteiger partial charge in [-0.15, -0.1) is 0 Å². The van der Waals surface area contributed by atoms with Crippen molar-refractivity contribution in [1.29, 1.82) is 0 Å². The summed E-state index contributed by atoms with van der Waals surface area (Å²) in [6.07, 6.45) is 3.02. The van der Waals surface area contributed by atoms with Crippen LogP contribution in [-0.2, 0) is 0 Å². The molecular formula is C14H20N2O3. The number of non-ortho nitro benzene ring substituents is 1. The van der Waals surface area contributed by atoms with Crippen LogP contribution in [0.3, 0.4) is 0 Å². The Morgan fingerprint density at radius 3 is 3.00 bits per heavy atom. The largest absolute Gasteiger partial charge is 0.396 e. The first-order valence-corrected chi connectivity index (χ1v) is 6.72. The van der Waals surface area contributed by atoms with E-state index in [4.69, 9.17) is 5.11 Å². The van der Waals surface area contributed by atoms with Gasteiger partial charge in [0.2, 0.25) is 0 Å². The second-order valence-corrected chi connectivity index (χ2v) is 5.19. The summed E-state index contributed by atoms with van der Waals surface area (Å²) in [5, 5.41) is 19.9. The standard InChI is InChI=1S/C14H20N2O3/c1-11-4-5-13(16(18)19)9-14(11)15-7-2-3-12(10-15)6-8-17/h4-5,9,12,17H,2-3,6-8,10H2,1H3. The maximum Gasteiger partial charge on any atom is 0.271 e. The Bertz CT molecular complexity index is 460. The van der Waals surface area contributed by atoms with E-state index in [0.29, 0.717) is 5.92 Å². The van der Waals surface area contributed by atoms with E-state index in [1.165, 1.54) is 0 Å². The van der Waals surface area contributed by atoms with E-state index in [1.807, 2.05) is 13.0 Å². The van der Waals surface area contributed by atoms with Crippen LogP contribution in [0.25, 0.3) is 0 Å². The van der Waals surface area contributed by atoms with Crippen LogP contribution >= 0.6 is 0 Å². The zero-order chi connectivity index (χ0) is 13.8. The highest BCUT2D eigenvalue weighted by Gasteiger charge is 2.22. The van der Waals surface area contributed by atoms with Gasteiger partial charge in [-0.25, -0.2) is 0 Å². The zero-order valence-electron chi connectivity index (χ0n) is 11.2. The van der Waals surface area contributed by atoms with Gasteiger partial charge in [-0.1, -0.05) is 6.07 Å². The lowest BCUT2D eigenvalue weighted by Gasteiger charge is -2.35. The molecule has 1 saturated heterocycles. The summed E-state index contributed by atoms with van der Waals surface area (Å²) < 4.78 is 0. The van der Waals surface area contributed by atoms with Crippen molar-refractivity contribution in [2.45, 2.75) is 26.2 Å². The van der Waals surface area contributed by atoms with E-state index >= 15 is 0 Å². The van der Waals surface area contributed by atoms with Gasteiger partial charge in [-0.2, -0.15) is 0 Å². The molecule has 0 saturated carbocycles. The summed E-state index contributed by atoms with van der Waals surface area (Å²) in [6.45, 7) is 4.01. The van der Waals surface area contributed by atoms with E-state index in [0.717, 1.165) is 43.6 Å². The van der Waals surface area contributed by atoms with Gasteiger partial charge in [0.25, 0.3) is 5.69 Å². The summed E-state index contributed by atoms with van der Waals surface area (Å²) in [4.78, 5) is 12.7. The molecule has 104 valence electrons. The Kier molecular flexibility index (Phi) is 4.37. The number of anilines is 1. The average Bonchev–Trinajstić information content (AvgIpc) is 2.39. The van der Waals surface area contributed by atoms with Crippen molar-refractivity contribution in [3.05, 3.63) is 33.9 Å². The molecule has 1 aromatic rings. The highest BCUT2D eigenvalue weighted by atomic mass is 16.6. The minimum atomic E-state index is -0.349. The molecule has 2 rings (SSSR count). The lowest BCUT2D eigenvalue weighted by atomic mass is 9.94. The molecular weight excluding hydrogens is 244 g/mol. The van der Waals surface area contributed by atoms with Crippen molar-refractivity contribution in [2.75, 3.05) is 24.6 Å². The highest BCUT2D eigenvalue weighted by Crippen LogP contribution is 2.30. The number of aliphatic hydroxyl groups excluding tert-OH is 1. The number of hydrogen-bond donors (Lipinski definition) is 1. The van der Waals surface area contributed by atoms with Crippen molar-refractivity contribution < 1.29 is 10.0 Å². The summed E-state index contributed by atoms with van der Waals surface area (Å²) in [5.74, 6) is 0.484. The van der Waals surface area contributed by atoms with Crippen molar-refractivity contribution >= 4 is 11.4 Å². The first-order chi connectivity index (χ1) is 9.11. The number of nitrogens with zero attached hydrogens (tertiary/aromatic N) is 2. The van der Waals surface area contributed by atoms with Crippen LogP contribution < -0.4 is 4.90 Å². The third-order valence-electron chi connectivity index (χ3n) is 3.80. The monoisotopic (exact) mass is 264 g/mol. The maximum absolute atomic E-state index is 10.9. The number of nitro groups is 1. The molecule has 5 nitrogen and oxygen atoms in total. The number of aryl methyl sites for hydroxylation is 1. The second-order valence-electron chi connectivity index (χ2n) is 5.19. The fourth-order valence-corrected chi connectivity index (χ4v) is 2.75. The summed E-state index contributed by atoms with van der Waals surface area (Å²) >= 11 is 0. The van der Waals surface area contributed by atoms with E-state index in [-0.39, 0.29) is 17.2 Å². The van der Waals surface area contributed by atoms with Crippen molar-refractivity contribution in [2.24, 2.45) is 5.92 Å². The van der Waals surface area contributed by atoms with Crippen molar-refractivity contribution in [3.8, 4) is 0 Å². The van der Waals surface area contributed by atoms with Crippen LogP contribution in [0.2, 0.25) is 0 Å². The molecule has 1 fully saturated rings. The topological polar surface area (TPSA) is 66.6 Å². The molecule has 0 spiro atoms. The minimum absolute atomic E-state index is 0.143. The van der Waals surface area contributed by atoms with Gasteiger partial charge in [0.1, 0.15) is 0 Å². The Balaban J connectivity index is 2.20. The van der Waals surface area contributed by atoms with Gasteiger partial charge in [0.05, 0.1) is 4.92 Å². The normalized spacial score (nSPS) is 19.5. The predicted octanol–water partition coefficient (Wildman–Crippen LogP) is 2.50. The van der Waals surface area contributed by atoms with E-state index in [2.05, 4.69) is 4.90 Å². The molecule has 1 heterocycles. The van der Waals surface area contributed by atoms with Crippen molar-refractivity contribution in [1.82, 2.24) is 0 Å². The summed E-state index contributed by atoms with van der Waals surface area (Å²) in [7, 11) is 0. The Morgan fingerprint density at radius 1 is 1.53 bits per heavy atom. The van der Waals surface area contributed by atoms with Gasteiger partial charge < -0.3 is 10.0 Å². The number of rotatable bonds is 4. The van der Waals surface area contributed by atoms with E-state index in [1.54, 1.807) is 12.1 Å². The summed E-state index contributed by atoms with van der Waals surface area (Å²) in [6, 6.07) is 5.02. The molecule has 0 aliphatic carbocycles. The molecule has 1 atom stereocenters. The number of nitro benzene ring substituents is 1. The highest BCUT2D eigenvalue weighted by molar-refractivity contribution is 5.59. The van der Waals surface area contributed by atoms with Crippen LogP contribution in [0.5, 0.6) is 0 Å². The van der Waals surface area contributed by atoms with Crippen LogP contribution in [0.4, 0.5) is 11.4 Å². The molecule has 0 radical (unpaired) electrons. The number of benzene rings is 1. The van der Waals surface area contributed by atoms with Gasteiger partial charge in [0, 0.05) is 37.5 Å². The minimum Gasteiger partial charge on any atom is -0.396 e. The molecule has 0 aromatic heterocycles. The van der Waals surface area contributed by atoms with Crippen molar-refractivity contribution in [3.63, 3.8) is 0 Å². The zero-order valence-corrected chi connectivity index (χ0v) is 11.2. The smallest absolute Gasteiger partial charge is 0.271 e. The molecule has 1 unspecified atom stereocenters. The molecule has 19 heavy (non-hydrogen) atoms. The SMILES string of the molecule is Cc1ccc([N+](=O)[O-])cc1N1CCCC(CCO)C1. The van der Waals surface area contributed by atoms with E-state index in [9.17, 15) is 10.1 Å². The number of hydrogen-bond acceptors (Lipinski definition) is 4. The van der Waals surface area contributed by atoms with Gasteiger partial charge >= 0.3 is 0 Å². The third kappa shape index (κ3) is 3.23. The second kappa shape index (κ2) is 6.02. The molecule has 0 bridgehead atoms. The van der Waals surface area contributed by atoms with Crippen LogP contribution in [-0.4, -0.2) is 29.7 Å². The van der Waals surface area contributed by atoms with Crippen LogP contribution in [0.15, 0.2) is 18.2 Å². The van der Waals surface area contributed by atoms with Gasteiger partial charge in [0.15, 0.2) is 0 Å². The Labute approximate surface area is 113 Å². The fraction of sp³-hybridized carbons (Fsp3) is 0.571. The molecule has 1 aliphatic rings. The first-order valence-electron chi connectivity index (χ1n) is 6.72. The number of aliphatic hydroxyl groups is 1. The van der Waals surface area contributed by atoms with Gasteiger partial charge in [-0.05, 0) is 37.7 Å². The first kappa shape index (κ1) is 13.8. The molecule has 1 aliphatic heterocycles. The molecule has 1 N–H and O–H groups in total. The third-order valence-corrected chi connectivity index (χ3v) is 3.80. The Morgan fingerprint density at radius 2 is 2.32 bits per heavy atom. The lowest BCUT2D eigenvalue weighted by molar-refractivity contribution is -0.384. The quantitative estimate of drug-likeness (QED) is 0.670. The lowest BCUT2D eigenvalue weighted by Crippen LogP contribution is -2.36. The maximum atomic E-state index is 10.9. The van der Waals surface area contributed by atoms with Crippen LogP contribution in [0.1, 0.15) is 24.8 Å². The average molecular weight is 264 g/mol. The molecule has 0 amide bonds. The number of piperidine rings is 1. The molecule has 5 heteroatoms. The van der Waals surface area contributed by atoms with E-state index < -0.39 is 0 Å².